The lowest BCUT2D eigenvalue weighted by molar-refractivity contribution is 0.408. The fourth-order valence-corrected chi connectivity index (χ4v) is 3.98. The second kappa shape index (κ2) is 9.55. The number of hydrogen-bond acceptors (Lipinski definition) is 2. The monoisotopic (exact) mass is 414 g/mol. The number of aryl methyl sites for hydroxylation is 1. The Morgan fingerprint density at radius 3 is 2.57 bits per heavy atom. The lowest BCUT2D eigenvalue weighted by Crippen LogP contribution is -2.40. The van der Waals surface area contributed by atoms with Crippen LogP contribution in [0.25, 0.3) is 10.9 Å². The molecule has 0 aliphatic rings. The minimum Gasteiger partial charge on any atom is -0.358 e. The maximum absolute atomic E-state index is 5.78. The number of aromatic nitrogens is 2. The van der Waals surface area contributed by atoms with E-state index < -0.39 is 0 Å². The van der Waals surface area contributed by atoms with E-state index in [1.807, 2.05) is 30.5 Å². The Morgan fingerprint density at radius 2 is 1.77 bits per heavy atom. The van der Waals surface area contributed by atoms with Crippen LogP contribution >= 0.6 is 12.2 Å². The van der Waals surface area contributed by atoms with Crippen molar-refractivity contribution < 1.29 is 0 Å². The Labute approximate surface area is 183 Å². The molecule has 0 aliphatic heterocycles. The van der Waals surface area contributed by atoms with Gasteiger partial charge in [-0.05, 0) is 54.4 Å². The topological polar surface area (TPSA) is 44.0 Å². The molecule has 0 saturated heterocycles. The van der Waals surface area contributed by atoms with E-state index in [1.165, 1.54) is 27.7 Å². The molecule has 2 N–H and O–H groups in total. The smallest absolute Gasteiger partial charge is 0.169 e. The second-order valence-corrected chi connectivity index (χ2v) is 7.84. The van der Waals surface area contributed by atoms with Crippen LogP contribution in [-0.2, 0) is 19.5 Å². The first-order valence-corrected chi connectivity index (χ1v) is 10.6. The Hall–Kier alpha value is -3.18. The Bertz CT molecular complexity index is 1110. The summed E-state index contributed by atoms with van der Waals surface area (Å²) in [7, 11) is 0. The van der Waals surface area contributed by atoms with Gasteiger partial charge in [-0.25, -0.2) is 0 Å². The van der Waals surface area contributed by atoms with Crippen molar-refractivity contribution >= 4 is 28.2 Å². The Balaban J connectivity index is 1.49. The molecule has 4 nitrogen and oxygen atoms in total. The summed E-state index contributed by atoms with van der Waals surface area (Å²) in [6, 6.07) is 22.9. The number of pyridine rings is 1. The van der Waals surface area contributed by atoms with E-state index in [-0.39, 0.29) is 0 Å². The lowest BCUT2D eigenvalue weighted by Gasteiger charge is -2.26. The zero-order valence-corrected chi connectivity index (χ0v) is 18.0. The number of rotatable bonds is 7. The van der Waals surface area contributed by atoms with Gasteiger partial charge in [-0.15, -0.1) is 0 Å². The minimum atomic E-state index is 0.718. The molecule has 30 heavy (non-hydrogen) atoms. The third-order valence-corrected chi connectivity index (χ3v) is 5.73. The first-order chi connectivity index (χ1) is 14.7. The third kappa shape index (κ3) is 4.86. The number of nitrogens with zero attached hydrogens (tertiary/aromatic N) is 2. The highest BCUT2D eigenvalue weighted by atomic mass is 32.1. The summed E-state index contributed by atoms with van der Waals surface area (Å²) in [5.74, 6) is 0. The van der Waals surface area contributed by atoms with Crippen LogP contribution in [0.1, 0.15) is 22.4 Å². The molecule has 2 aromatic carbocycles. The molecule has 5 heteroatoms. The third-order valence-electron chi connectivity index (χ3n) is 5.33. The fraction of sp³-hybridized carbons (Fsp3) is 0.200. The van der Waals surface area contributed by atoms with E-state index in [1.54, 1.807) is 6.20 Å². The van der Waals surface area contributed by atoms with Gasteiger partial charge >= 0.3 is 0 Å². The predicted octanol–water partition coefficient (Wildman–Crippen LogP) is 4.99. The van der Waals surface area contributed by atoms with E-state index in [9.17, 15) is 0 Å². The fourth-order valence-electron chi connectivity index (χ4n) is 3.75. The van der Waals surface area contributed by atoms with Crippen molar-refractivity contribution in [2.45, 2.75) is 26.4 Å². The summed E-state index contributed by atoms with van der Waals surface area (Å²) >= 11 is 5.78. The van der Waals surface area contributed by atoms with Crippen LogP contribution in [0.15, 0.2) is 79.1 Å². The van der Waals surface area contributed by atoms with Crippen molar-refractivity contribution in [1.82, 2.24) is 20.2 Å². The van der Waals surface area contributed by atoms with Gasteiger partial charge in [0.1, 0.15) is 0 Å². The van der Waals surface area contributed by atoms with Crippen molar-refractivity contribution in [2.75, 3.05) is 6.54 Å². The quantitative estimate of drug-likeness (QED) is 0.418. The Kier molecular flexibility index (Phi) is 6.40. The van der Waals surface area contributed by atoms with Gasteiger partial charge in [0.05, 0.1) is 0 Å². The summed E-state index contributed by atoms with van der Waals surface area (Å²) in [4.78, 5) is 9.99. The van der Waals surface area contributed by atoms with Crippen LogP contribution in [0, 0.1) is 6.92 Å². The molecule has 0 bridgehead atoms. The molecular formula is C25H26N4S. The Morgan fingerprint density at radius 1 is 1.00 bits per heavy atom. The number of benzene rings is 2. The lowest BCUT2D eigenvalue weighted by atomic mass is 10.1. The molecule has 0 unspecified atom stereocenters. The van der Waals surface area contributed by atoms with Gasteiger partial charge < -0.3 is 15.2 Å². The van der Waals surface area contributed by atoms with E-state index in [4.69, 9.17) is 12.2 Å². The van der Waals surface area contributed by atoms with Gasteiger partial charge in [-0.2, -0.15) is 0 Å². The summed E-state index contributed by atoms with van der Waals surface area (Å²) < 4.78 is 0. The molecule has 0 amide bonds. The average Bonchev–Trinajstić information content (AvgIpc) is 3.11. The second-order valence-electron chi connectivity index (χ2n) is 7.45. The van der Waals surface area contributed by atoms with Gasteiger partial charge in [0, 0.05) is 48.6 Å². The van der Waals surface area contributed by atoms with Gasteiger partial charge in [-0.3, -0.25) is 4.98 Å². The molecular weight excluding hydrogens is 388 g/mol. The molecule has 0 aliphatic carbocycles. The molecule has 4 aromatic rings. The number of para-hydroxylation sites is 1. The maximum Gasteiger partial charge on any atom is 0.169 e. The van der Waals surface area contributed by atoms with E-state index in [0.29, 0.717) is 0 Å². The molecule has 0 radical (unpaired) electrons. The van der Waals surface area contributed by atoms with Gasteiger partial charge in [0.2, 0.25) is 0 Å². The van der Waals surface area contributed by atoms with Crippen LogP contribution in [0.5, 0.6) is 0 Å². The van der Waals surface area contributed by atoms with Crippen molar-refractivity contribution in [1.29, 1.82) is 0 Å². The van der Waals surface area contributed by atoms with Gasteiger partial charge in [0.25, 0.3) is 0 Å². The number of fused-ring (bicyclic) bond motifs is 1. The first-order valence-electron chi connectivity index (χ1n) is 10.2. The number of aromatic amines is 1. The zero-order chi connectivity index (χ0) is 20.8. The molecule has 0 spiro atoms. The van der Waals surface area contributed by atoms with Crippen LogP contribution in [0.4, 0.5) is 0 Å². The summed E-state index contributed by atoms with van der Waals surface area (Å²) in [5.41, 5.74) is 6.13. The first kappa shape index (κ1) is 20.1. The largest absolute Gasteiger partial charge is 0.358 e. The number of H-pyrrole nitrogens is 1. The number of hydrogen-bond donors (Lipinski definition) is 2. The van der Waals surface area contributed by atoms with Crippen LogP contribution in [0.2, 0.25) is 0 Å². The number of nitrogens with one attached hydrogen (secondary N) is 2. The summed E-state index contributed by atoms with van der Waals surface area (Å²) in [6.07, 6.45) is 4.63. The highest BCUT2D eigenvalue weighted by molar-refractivity contribution is 7.80. The predicted molar refractivity (Wildman–Crippen MR) is 127 cm³/mol. The highest BCUT2D eigenvalue weighted by Gasteiger charge is 2.14. The van der Waals surface area contributed by atoms with Crippen LogP contribution in [-0.4, -0.2) is 26.5 Å². The molecule has 0 saturated carbocycles. The van der Waals surface area contributed by atoms with Crippen molar-refractivity contribution in [3.05, 3.63) is 102 Å². The zero-order valence-electron chi connectivity index (χ0n) is 17.1. The van der Waals surface area contributed by atoms with E-state index in [0.717, 1.165) is 36.7 Å². The SMILES string of the molecule is Cc1[nH]c2ccccc2c1CCN(Cc1cccnc1)C(=S)NCc1ccccc1. The molecule has 2 heterocycles. The van der Waals surface area contributed by atoms with E-state index >= 15 is 0 Å². The van der Waals surface area contributed by atoms with Gasteiger partial charge in [0.15, 0.2) is 5.11 Å². The normalized spacial score (nSPS) is 10.8. The molecule has 2 aromatic heterocycles. The minimum absolute atomic E-state index is 0.718. The molecule has 4 rings (SSSR count). The maximum atomic E-state index is 5.78. The van der Waals surface area contributed by atoms with Crippen molar-refractivity contribution in [3.63, 3.8) is 0 Å². The molecule has 152 valence electrons. The van der Waals surface area contributed by atoms with Crippen LogP contribution < -0.4 is 5.32 Å². The van der Waals surface area contributed by atoms with Gasteiger partial charge in [-0.1, -0.05) is 54.6 Å². The molecule has 0 atom stereocenters. The summed E-state index contributed by atoms with van der Waals surface area (Å²) in [5, 5.41) is 5.49. The average molecular weight is 415 g/mol. The highest BCUT2D eigenvalue weighted by Crippen LogP contribution is 2.22. The van der Waals surface area contributed by atoms with Crippen molar-refractivity contribution in [3.8, 4) is 0 Å². The van der Waals surface area contributed by atoms with Crippen molar-refractivity contribution in [2.24, 2.45) is 0 Å². The summed E-state index contributed by atoms with van der Waals surface area (Å²) in [6.45, 7) is 4.43. The number of thiocarbonyl (C=S) groups is 1. The van der Waals surface area contributed by atoms with E-state index in [2.05, 4.69) is 69.6 Å². The standard InChI is InChI=1S/C25H26N4S/c1-19-22(23-11-5-6-12-24(23)28-19)13-15-29(18-21-10-7-14-26-16-21)25(30)27-17-20-8-3-2-4-9-20/h2-12,14,16,28H,13,15,17-18H2,1H3,(H,27,30). The van der Waals surface area contributed by atoms with Crippen LogP contribution in [0.3, 0.4) is 0 Å². The molecule has 0 fully saturated rings.